The van der Waals surface area contributed by atoms with Crippen molar-refractivity contribution in [3.05, 3.63) is 29.3 Å². The molecular formula is C13H17ClN2O2. The molecule has 1 fully saturated rings. The van der Waals surface area contributed by atoms with Crippen molar-refractivity contribution in [3.8, 4) is 0 Å². The van der Waals surface area contributed by atoms with Crippen molar-refractivity contribution in [2.24, 2.45) is 0 Å². The Bertz CT molecular complexity index is 425. The first-order chi connectivity index (χ1) is 8.65. The maximum absolute atomic E-state index is 11.9. The minimum atomic E-state index is -0.0443. The molecule has 0 aromatic heterocycles. The fraction of sp³-hybridized carbons (Fsp3) is 0.462. The number of halogens is 1. The highest BCUT2D eigenvalue weighted by molar-refractivity contribution is 6.33. The number of nitrogens with one attached hydrogen (secondary N) is 1. The van der Waals surface area contributed by atoms with Crippen LogP contribution in [0.1, 0.15) is 6.92 Å². The van der Waals surface area contributed by atoms with E-state index in [4.69, 9.17) is 16.3 Å². The van der Waals surface area contributed by atoms with Gasteiger partial charge in [0.1, 0.15) is 0 Å². The lowest BCUT2D eigenvalue weighted by Crippen LogP contribution is -2.44. The number of ether oxygens (including phenoxy) is 1. The lowest BCUT2D eigenvalue weighted by atomic mass is 10.3. The second-order valence-electron chi connectivity index (χ2n) is 4.44. The van der Waals surface area contributed by atoms with Crippen LogP contribution in [0.3, 0.4) is 0 Å². The number of carbonyl (C=O) groups is 1. The van der Waals surface area contributed by atoms with E-state index in [0.717, 1.165) is 13.1 Å². The van der Waals surface area contributed by atoms with E-state index in [9.17, 15) is 4.79 Å². The Kier molecular flexibility index (Phi) is 4.58. The normalized spacial score (nSPS) is 20.7. The van der Waals surface area contributed by atoms with Crippen LogP contribution in [0, 0.1) is 0 Å². The number of amides is 1. The summed E-state index contributed by atoms with van der Waals surface area (Å²) in [4.78, 5) is 14.0. The molecule has 0 bridgehead atoms. The molecule has 5 heteroatoms. The second-order valence-corrected chi connectivity index (χ2v) is 4.85. The summed E-state index contributed by atoms with van der Waals surface area (Å²) in [7, 11) is 0. The molecule has 2 rings (SSSR count). The molecule has 1 saturated heterocycles. The Labute approximate surface area is 112 Å². The van der Waals surface area contributed by atoms with E-state index in [0.29, 0.717) is 23.9 Å². The zero-order chi connectivity index (χ0) is 13.0. The number of anilines is 1. The van der Waals surface area contributed by atoms with Gasteiger partial charge in [0.15, 0.2) is 0 Å². The van der Waals surface area contributed by atoms with Gasteiger partial charge < -0.3 is 10.1 Å². The number of morpholine rings is 1. The fourth-order valence-corrected chi connectivity index (χ4v) is 2.17. The van der Waals surface area contributed by atoms with Gasteiger partial charge >= 0.3 is 0 Å². The SMILES string of the molecule is CC1CN(CC(=O)Nc2ccccc2Cl)CCO1. The summed E-state index contributed by atoms with van der Waals surface area (Å²) >= 11 is 5.99. The number of rotatable bonds is 3. The highest BCUT2D eigenvalue weighted by Gasteiger charge is 2.19. The zero-order valence-corrected chi connectivity index (χ0v) is 11.1. The van der Waals surface area contributed by atoms with E-state index < -0.39 is 0 Å². The third-order valence-corrected chi connectivity index (χ3v) is 3.17. The first-order valence-electron chi connectivity index (χ1n) is 6.03. The van der Waals surface area contributed by atoms with Crippen LogP contribution in [0.15, 0.2) is 24.3 Å². The van der Waals surface area contributed by atoms with Gasteiger partial charge in [-0.3, -0.25) is 9.69 Å². The Hall–Kier alpha value is -1.10. The minimum Gasteiger partial charge on any atom is -0.376 e. The maximum atomic E-state index is 11.9. The second kappa shape index (κ2) is 6.18. The molecule has 1 amide bonds. The van der Waals surface area contributed by atoms with E-state index in [2.05, 4.69) is 10.2 Å². The van der Waals surface area contributed by atoms with Gasteiger partial charge in [-0.05, 0) is 19.1 Å². The molecule has 1 aliphatic rings. The van der Waals surface area contributed by atoms with E-state index in [1.807, 2.05) is 19.1 Å². The van der Waals surface area contributed by atoms with Crippen molar-refractivity contribution >= 4 is 23.2 Å². The first-order valence-corrected chi connectivity index (χ1v) is 6.41. The molecule has 0 aliphatic carbocycles. The molecule has 0 radical (unpaired) electrons. The lowest BCUT2D eigenvalue weighted by Gasteiger charge is -2.30. The monoisotopic (exact) mass is 268 g/mol. The van der Waals surface area contributed by atoms with Gasteiger partial charge in [0.25, 0.3) is 0 Å². The molecule has 1 heterocycles. The summed E-state index contributed by atoms with van der Waals surface area (Å²) in [5, 5.41) is 3.38. The predicted octanol–water partition coefficient (Wildman–Crippen LogP) is 2.00. The Morgan fingerprint density at radius 2 is 2.33 bits per heavy atom. The number of para-hydroxylation sites is 1. The van der Waals surface area contributed by atoms with Crippen molar-refractivity contribution in [2.75, 3.05) is 31.6 Å². The molecule has 0 saturated carbocycles. The first kappa shape index (κ1) is 13.3. The average molecular weight is 269 g/mol. The molecule has 1 N–H and O–H groups in total. The number of nitrogens with zero attached hydrogens (tertiary/aromatic N) is 1. The Morgan fingerprint density at radius 1 is 1.56 bits per heavy atom. The third kappa shape index (κ3) is 3.70. The number of benzene rings is 1. The van der Waals surface area contributed by atoms with Crippen molar-refractivity contribution < 1.29 is 9.53 Å². The lowest BCUT2D eigenvalue weighted by molar-refractivity contribution is -0.119. The number of hydrogen-bond donors (Lipinski definition) is 1. The smallest absolute Gasteiger partial charge is 0.238 e. The van der Waals surface area contributed by atoms with Crippen molar-refractivity contribution in [1.82, 2.24) is 4.90 Å². The minimum absolute atomic E-state index is 0.0443. The summed E-state index contributed by atoms with van der Waals surface area (Å²) in [6.07, 6.45) is 0.187. The maximum Gasteiger partial charge on any atom is 0.238 e. The van der Waals surface area contributed by atoms with Crippen molar-refractivity contribution in [1.29, 1.82) is 0 Å². The summed E-state index contributed by atoms with van der Waals surface area (Å²) in [6.45, 7) is 4.65. The molecule has 4 nitrogen and oxygen atoms in total. The quantitative estimate of drug-likeness (QED) is 0.912. The van der Waals surface area contributed by atoms with Gasteiger partial charge in [-0.2, -0.15) is 0 Å². The highest BCUT2D eigenvalue weighted by atomic mass is 35.5. The Balaban J connectivity index is 1.87. The van der Waals surface area contributed by atoms with Crippen LogP contribution in [0.25, 0.3) is 0 Å². The van der Waals surface area contributed by atoms with Crippen LogP contribution in [0.5, 0.6) is 0 Å². The summed E-state index contributed by atoms with van der Waals surface area (Å²) in [5.41, 5.74) is 0.658. The van der Waals surface area contributed by atoms with Gasteiger partial charge in [0.2, 0.25) is 5.91 Å². The highest BCUT2D eigenvalue weighted by Crippen LogP contribution is 2.20. The predicted molar refractivity (Wildman–Crippen MR) is 71.9 cm³/mol. The molecule has 98 valence electrons. The molecule has 1 unspecified atom stereocenters. The summed E-state index contributed by atoms with van der Waals surface area (Å²) in [6, 6.07) is 7.23. The van der Waals surface area contributed by atoms with Gasteiger partial charge in [-0.15, -0.1) is 0 Å². The summed E-state index contributed by atoms with van der Waals surface area (Å²) < 4.78 is 5.43. The van der Waals surface area contributed by atoms with Crippen LogP contribution >= 0.6 is 11.6 Å². The fourth-order valence-electron chi connectivity index (χ4n) is 1.99. The number of carbonyl (C=O) groups excluding carboxylic acids is 1. The van der Waals surface area contributed by atoms with Crippen LogP contribution < -0.4 is 5.32 Å². The topological polar surface area (TPSA) is 41.6 Å². The molecular weight excluding hydrogens is 252 g/mol. The van der Waals surface area contributed by atoms with E-state index in [1.54, 1.807) is 12.1 Å². The molecule has 1 aliphatic heterocycles. The van der Waals surface area contributed by atoms with E-state index >= 15 is 0 Å². The van der Waals surface area contributed by atoms with Gasteiger partial charge in [0.05, 0.1) is 30.0 Å². The Morgan fingerprint density at radius 3 is 3.06 bits per heavy atom. The van der Waals surface area contributed by atoms with Gasteiger partial charge in [-0.1, -0.05) is 23.7 Å². The van der Waals surface area contributed by atoms with E-state index in [-0.39, 0.29) is 12.0 Å². The zero-order valence-electron chi connectivity index (χ0n) is 10.4. The molecule has 0 spiro atoms. The molecule has 1 aromatic rings. The van der Waals surface area contributed by atoms with Gasteiger partial charge in [0, 0.05) is 13.1 Å². The number of hydrogen-bond acceptors (Lipinski definition) is 3. The van der Waals surface area contributed by atoms with Crippen LogP contribution in [-0.4, -0.2) is 43.2 Å². The molecule has 1 aromatic carbocycles. The van der Waals surface area contributed by atoms with E-state index in [1.165, 1.54) is 0 Å². The molecule has 18 heavy (non-hydrogen) atoms. The average Bonchev–Trinajstić information content (AvgIpc) is 2.32. The summed E-state index contributed by atoms with van der Waals surface area (Å²) in [5.74, 6) is -0.0443. The largest absolute Gasteiger partial charge is 0.376 e. The van der Waals surface area contributed by atoms with Gasteiger partial charge in [-0.25, -0.2) is 0 Å². The standard InChI is InChI=1S/C13H17ClN2O2/c1-10-8-16(6-7-18-10)9-13(17)15-12-5-3-2-4-11(12)14/h2-5,10H,6-9H2,1H3,(H,15,17). The van der Waals surface area contributed by atoms with Crippen LogP contribution in [0.4, 0.5) is 5.69 Å². The van der Waals surface area contributed by atoms with Crippen molar-refractivity contribution in [2.45, 2.75) is 13.0 Å². The van der Waals surface area contributed by atoms with Crippen molar-refractivity contribution in [3.63, 3.8) is 0 Å². The van der Waals surface area contributed by atoms with Crippen LogP contribution in [-0.2, 0) is 9.53 Å². The molecule has 1 atom stereocenters. The van der Waals surface area contributed by atoms with Crippen LogP contribution in [0.2, 0.25) is 5.02 Å². The third-order valence-electron chi connectivity index (χ3n) is 2.84.